The minimum absolute atomic E-state index is 0.00926. The number of benzene rings is 5. The second-order valence-corrected chi connectivity index (χ2v) is 27.9. The molecule has 27 heteroatoms. The molecule has 724 valence electrons. The molecule has 11 unspecified atom stereocenters. The Hall–Kier alpha value is -4.98. The van der Waals surface area contributed by atoms with Gasteiger partial charge in [0.1, 0.15) is 19.0 Å². The number of rotatable bonds is 28. The van der Waals surface area contributed by atoms with Crippen molar-refractivity contribution < 1.29 is 135 Å². The first kappa shape index (κ1) is 147. The van der Waals surface area contributed by atoms with Crippen molar-refractivity contribution in [1.82, 2.24) is 0 Å². The predicted molar refractivity (Wildman–Crippen MR) is 497 cm³/mol. The molecule has 5 rings (SSSR count). The van der Waals surface area contributed by atoms with Gasteiger partial charge in [-0.05, 0) is 155 Å². The molecular formula is C94H186O27. The van der Waals surface area contributed by atoms with E-state index in [-0.39, 0.29) is 126 Å². The lowest BCUT2D eigenvalue weighted by atomic mass is 10.0. The van der Waals surface area contributed by atoms with Crippen LogP contribution in [0.3, 0.4) is 0 Å². The number of methoxy groups -OCH3 is 8. The van der Waals surface area contributed by atoms with Gasteiger partial charge in [0.2, 0.25) is 0 Å². The summed E-state index contributed by atoms with van der Waals surface area (Å²) in [5, 5.41) is 159. The second-order valence-electron chi connectivity index (χ2n) is 27.9. The lowest BCUT2D eigenvalue weighted by Crippen LogP contribution is -2.20. The van der Waals surface area contributed by atoms with Crippen molar-refractivity contribution >= 4 is 0 Å². The first-order chi connectivity index (χ1) is 56.9. The Bertz CT molecular complexity index is 2270. The second kappa shape index (κ2) is 124. The Labute approximate surface area is 735 Å². The van der Waals surface area contributed by atoms with Crippen LogP contribution in [-0.4, -0.2) is 302 Å². The molecule has 0 saturated heterocycles. The summed E-state index contributed by atoms with van der Waals surface area (Å²) in [5.74, 6) is 1.38. The Kier molecular flexibility index (Phi) is 151. The fraction of sp³-hybridized carbons (Fsp3) is 0.681. The molecule has 0 spiro atoms. The van der Waals surface area contributed by atoms with E-state index in [0.717, 1.165) is 42.4 Å². The fourth-order valence-corrected chi connectivity index (χ4v) is 5.41. The third kappa shape index (κ3) is 159. The molecule has 27 nitrogen and oxygen atoms in total. The van der Waals surface area contributed by atoms with Crippen LogP contribution in [0.1, 0.15) is 236 Å². The highest BCUT2D eigenvalue weighted by atomic mass is 16.6. The zero-order chi connectivity index (χ0) is 97.2. The maximum atomic E-state index is 9.40. The number of aliphatic hydroxyl groups is 19. The number of hydrogen-bond donors (Lipinski definition) is 19. The van der Waals surface area contributed by atoms with Gasteiger partial charge in [-0.3, -0.25) is 0 Å². The average Bonchev–Trinajstić information content (AvgIpc) is 0.889. The van der Waals surface area contributed by atoms with Crippen LogP contribution >= 0.6 is 0 Å². The zero-order valence-corrected chi connectivity index (χ0v) is 80.7. The lowest BCUT2D eigenvalue weighted by molar-refractivity contribution is 0.00997. The van der Waals surface area contributed by atoms with Gasteiger partial charge >= 0.3 is 0 Å². The molecular weight excluding hydrogens is 1560 g/mol. The van der Waals surface area contributed by atoms with Gasteiger partial charge in [0, 0.05) is 128 Å². The molecule has 19 N–H and O–H groups in total. The SMILES string of the molecule is CC(C)(C)O.CC(C)C(C)O.CC(C)CO.CC(C)O.CC(CO)c1ccccc1.CC(CO)c1ccccc1.CCC(C)O.CCC(O)c1ccccc1.CCCO.CCO.CCO.COC(C)C(C)O.COC(C)CO.COC(CO)c1ccccc1.COCC(C)O.COCC(O)c1ccccc1.COCCCO.COCCO.COCO. The van der Waals surface area contributed by atoms with E-state index in [1.165, 1.54) is 18.2 Å². The highest BCUT2D eigenvalue weighted by Gasteiger charge is 2.08. The van der Waals surface area contributed by atoms with Crippen molar-refractivity contribution in [3.8, 4) is 0 Å². The van der Waals surface area contributed by atoms with Crippen LogP contribution in [0.5, 0.6) is 0 Å². The van der Waals surface area contributed by atoms with E-state index in [9.17, 15) is 10.2 Å². The summed E-state index contributed by atoms with van der Waals surface area (Å²) in [6.07, 6.45) is 1.13. The quantitative estimate of drug-likeness (QED) is 0.0163. The molecule has 121 heavy (non-hydrogen) atoms. The molecule has 5 aromatic rings. The largest absolute Gasteiger partial charge is 0.397 e. The number of aliphatic hydroxyl groups excluding tert-OH is 18. The minimum Gasteiger partial charge on any atom is -0.397 e. The van der Waals surface area contributed by atoms with Crippen LogP contribution in [0.4, 0.5) is 0 Å². The minimum atomic E-state index is -0.500. The molecule has 0 bridgehead atoms. The Morgan fingerprint density at radius 1 is 0.331 bits per heavy atom. The van der Waals surface area contributed by atoms with E-state index in [1.54, 1.807) is 133 Å². The first-order valence-electron chi connectivity index (χ1n) is 41.4. The van der Waals surface area contributed by atoms with Crippen molar-refractivity contribution in [1.29, 1.82) is 0 Å². The van der Waals surface area contributed by atoms with E-state index in [2.05, 4.69) is 23.7 Å². The first-order valence-corrected chi connectivity index (χ1v) is 41.4. The topological polar surface area (TPSA) is 458 Å². The van der Waals surface area contributed by atoms with E-state index >= 15 is 0 Å². The monoisotopic (exact) mass is 1750 g/mol. The van der Waals surface area contributed by atoms with Crippen LogP contribution in [0.25, 0.3) is 0 Å². The molecule has 0 amide bonds. The Morgan fingerprint density at radius 3 is 0.744 bits per heavy atom. The van der Waals surface area contributed by atoms with Gasteiger partial charge in [0.25, 0.3) is 0 Å². The summed E-state index contributed by atoms with van der Waals surface area (Å²) in [6.45, 7) is 44.2. The van der Waals surface area contributed by atoms with Gasteiger partial charge in [-0.25, -0.2) is 0 Å². The third-order valence-electron chi connectivity index (χ3n) is 13.2. The third-order valence-corrected chi connectivity index (χ3v) is 13.2. The molecule has 0 fully saturated rings. The smallest absolute Gasteiger partial charge is 0.143 e. The standard InChI is InChI=1S/2C9H12O2.3C9H12O.C5H12O2.C5H12O.3C4H10O2.3C4H10O.C3H8O2.2C3H8O.C2H6O2.2C2H6O/c1-11-7-9(10)8-5-3-2-4-6-8;1-11-9(7-10)8-5-3-2-4-6-8;2*1-8(7-10)9-5-3-2-4-6-9;1-2-9(10)8-6-4-3-5-7-8;1-4(6)5(2)7-3;1-4(2)5(3)6;1-4(5)3-6-2;1-4(3-5)6-2;1-6-4-2-3-5;1-4(2,3)5;1-4(2)3-5;1-3-4(2)5;1-5-3-2-4;1-3(2)4;1-2-3-4;1-4-2-3;2*1-2-3/h2*2-6,9-10H,7H2,1H3;2*2-6,8,10H,7H2,1H3;3-7,9-10H,2H2,1H3;4-6H,1-3H3;4-6H,1-3H3;2*4-5H,3H2,1-2H3;5H,2-4H2,1H3;5H,1-3H3;2*4-5H,3H2,1-2H3;4H,2-3H2,1H3;3-4H,1-2H3;4H,2-3H2,1H3;3H,2H2,1H3;2*3H,2H2,1H3. The summed E-state index contributed by atoms with van der Waals surface area (Å²) in [4.78, 5) is 0. The normalized spacial score (nSPS) is 12.3. The van der Waals surface area contributed by atoms with Crippen LogP contribution in [-0.2, 0) is 37.9 Å². The molecule has 5 aromatic carbocycles. The molecule has 0 saturated carbocycles. The summed E-state index contributed by atoms with van der Waals surface area (Å²) < 4.78 is 37.0. The van der Waals surface area contributed by atoms with Crippen molar-refractivity contribution in [3.05, 3.63) is 179 Å². The fourth-order valence-electron chi connectivity index (χ4n) is 5.41. The van der Waals surface area contributed by atoms with Crippen LogP contribution in [0, 0.1) is 11.8 Å². The van der Waals surface area contributed by atoms with E-state index < -0.39 is 11.7 Å². The van der Waals surface area contributed by atoms with Crippen molar-refractivity contribution in [2.24, 2.45) is 11.8 Å². The predicted octanol–water partition coefficient (Wildman–Crippen LogP) is 12.1. The van der Waals surface area contributed by atoms with Gasteiger partial charge in [-0.1, -0.05) is 214 Å². The molecule has 0 radical (unpaired) electrons. The molecule has 0 aliphatic heterocycles. The Morgan fingerprint density at radius 2 is 0.620 bits per heavy atom. The number of hydrogen-bond acceptors (Lipinski definition) is 27. The maximum absolute atomic E-state index is 9.40. The van der Waals surface area contributed by atoms with Gasteiger partial charge in [0.05, 0.1) is 88.0 Å². The Balaban J connectivity index is -0.0000000843. The summed E-state index contributed by atoms with van der Waals surface area (Å²) in [5.41, 5.74) is 4.81. The van der Waals surface area contributed by atoms with Crippen LogP contribution in [0.15, 0.2) is 152 Å². The molecule has 0 heterocycles. The lowest BCUT2D eigenvalue weighted by Gasteiger charge is -2.11. The average molecular weight is 1750 g/mol. The molecule has 0 aliphatic carbocycles. The van der Waals surface area contributed by atoms with E-state index in [1.807, 2.05) is 221 Å². The maximum Gasteiger partial charge on any atom is 0.143 e. The summed E-state index contributed by atoms with van der Waals surface area (Å²) in [7, 11) is 12.5. The van der Waals surface area contributed by atoms with Crippen LogP contribution in [0.2, 0.25) is 0 Å². The highest BCUT2D eigenvalue weighted by molar-refractivity contribution is 5.21. The van der Waals surface area contributed by atoms with Crippen molar-refractivity contribution in [2.75, 3.05) is 156 Å². The van der Waals surface area contributed by atoms with E-state index in [4.69, 9.17) is 101 Å². The van der Waals surface area contributed by atoms with Crippen molar-refractivity contribution in [2.45, 2.75) is 256 Å². The van der Waals surface area contributed by atoms with Gasteiger partial charge in [-0.2, -0.15) is 0 Å². The van der Waals surface area contributed by atoms with Gasteiger partial charge < -0.3 is 135 Å². The zero-order valence-electron chi connectivity index (χ0n) is 80.7. The van der Waals surface area contributed by atoms with E-state index in [0.29, 0.717) is 51.5 Å². The van der Waals surface area contributed by atoms with Gasteiger partial charge in [0.15, 0.2) is 0 Å². The summed E-state index contributed by atoms with van der Waals surface area (Å²) >= 11 is 0. The molecule has 11 atom stereocenters. The molecule has 0 aromatic heterocycles. The van der Waals surface area contributed by atoms with Crippen molar-refractivity contribution in [3.63, 3.8) is 0 Å². The van der Waals surface area contributed by atoms with Crippen LogP contribution < -0.4 is 0 Å². The summed E-state index contributed by atoms with van der Waals surface area (Å²) in [6, 6.07) is 48.9. The van der Waals surface area contributed by atoms with Gasteiger partial charge in [-0.15, -0.1) is 0 Å². The highest BCUT2D eigenvalue weighted by Crippen LogP contribution is 2.17. The number of ether oxygens (including phenoxy) is 8. The molecule has 0 aliphatic rings.